The zero-order valence-electron chi connectivity index (χ0n) is 14.3. The molecule has 1 unspecified atom stereocenters. The van der Waals surface area contributed by atoms with Gasteiger partial charge < -0.3 is 20.1 Å². The number of nitrogens with zero attached hydrogens (tertiary/aromatic N) is 1. The number of halogens is 1. The number of hydrogen-bond donors (Lipinski definition) is 2. The summed E-state index contributed by atoms with van der Waals surface area (Å²) < 4.78 is 6.31. The standard InChI is InChI=1S/C19H25ClN2O3/c20-13-1-5-17(6-2-13)25-19(7-9-21-10-8-19)18(24)22-14-3-4-15(22)12-16(23)11-14/h1-2,5-6,14-16,21,23H,3-4,7-12H2/t14-,15+,16?. The van der Waals surface area contributed by atoms with Crippen LogP contribution in [0, 0.1) is 0 Å². The molecule has 5 nitrogen and oxygen atoms in total. The van der Waals surface area contributed by atoms with E-state index in [4.69, 9.17) is 16.3 Å². The second-order valence-corrected chi connectivity index (χ2v) is 7.96. The molecule has 1 aromatic carbocycles. The van der Waals surface area contributed by atoms with Gasteiger partial charge in [-0.3, -0.25) is 4.79 Å². The molecule has 0 spiro atoms. The summed E-state index contributed by atoms with van der Waals surface area (Å²) in [6.45, 7) is 1.54. The Hall–Kier alpha value is -1.30. The van der Waals surface area contributed by atoms with Crippen LogP contribution in [0.5, 0.6) is 5.75 Å². The van der Waals surface area contributed by atoms with Gasteiger partial charge in [-0.25, -0.2) is 0 Å². The Kier molecular flexibility index (Phi) is 4.65. The van der Waals surface area contributed by atoms with Crippen LogP contribution in [0.25, 0.3) is 0 Å². The molecule has 3 aliphatic heterocycles. The Bertz CT molecular complexity index is 616. The number of fused-ring (bicyclic) bond motifs is 2. The number of carbonyl (C=O) groups excluding carboxylic acids is 1. The van der Waals surface area contributed by atoms with Gasteiger partial charge in [-0.05, 0) is 63.0 Å². The van der Waals surface area contributed by atoms with Crippen LogP contribution >= 0.6 is 11.6 Å². The second-order valence-electron chi connectivity index (χ2n) is 7.52. The Balaban J connectivity index is 1.60. The van der Waals surface area contributed by atoms with Crippen molar-refractivity contribution >= 4 is 17.5 Å². The van der Waals surface area contributed by atoms with Gasteiger partial charge in [0.15, 0.2) is 5.60 Å². The van der Waals surface area contributed by atoms with E-state index in [1.165, 1.54) is 0 Å². The molecule has 3 heterocycles. The topological polar surface area (TPSA) is 61.8 Å². The predicted molar refractivity (Wildman–Crippen MR) is 95.8 cm³/mol. The lowest BCUT2D eigenvalue weighted by Gasteiger charge is -2.45. The average molecular weight is 365 g/mol. The summed E-state index contributed by atoms with van der Waals surface area (Å²) in [5.41, 5.74) is -0.817. The van der Waals surface area contributed by atoms with Gasteiger partial charge in [0.25, 0.3) is 5.91 Å². The number of aliphatic hydroxyl groups is 1. The van der Waals surface area contributed by atoms with Crippen molar-refractivity contribution in [3.8, 4) is 5.75 Å². The number of aliphatic hydroxyl groups excluding tert-OH is 1. The van der Waals surface area contributed by atoms with E-state index in [9.17, 15) is 9.90 Å². The largest absolute Gasteiger partial charge is 0.477 e. The molecule has 1 aromatic rings. The lowest BCUT2D eigenvalue weighted by Crippen LogP contribution is -2.61. The van der Waals surface area contributed by atoms with Crippen LogP contribution in [0.4, 0.5) is 0 Å². The SMILES string of the molecule is O=C(N1[C@@H]2CC[C@H]1CC(O)C2)C1(Oc2ccc(Cl)cc2)CCNCC1. The van der Waals surface area contributed by atoms with Crippen molar-refractivity contribution in [1.29, 1.82) is 0 Å². The maximum atomic E-state index is 13.6. The van der Waals surface area contributed by atoms with E-state index in [2.05, 4.69) is 5.32 Å². The van der Waals surface area contributed by atoms with E-state index >= 15 is 0 Å². The minimum absolute atomic E-state index is 0.100. The summed E-state index contributed by atoms with van der Waals surface area (Å²) in [7, 11) is 0. The molecule has 136 valence electrons. The number of rotatable bonds is 3. The zero-order chi connectivity index (χ0) is 17.4. The third-order valence-electron chi connectivity index (χ3n) is 5.87. The Morgan fingerprint density at radius 1 is 1.16 bits per heavy atom. The Labute approximate surface area is 153 Å². The van der Waals surface area contributed by atoms with Crippen LogP contribution in [-0.4, -0.2) is 52.8 Å². The molecule has 0 aliphatic carbocycles. The number of ether oxygens (including phenoxy) is 1. The van der Waals surface area contributed by atoms with Crippen molar-refractivity contribution in [2.24, 2.45) is 0 Å². The monoisotopic (exact) mass is 364 g/mol. The fraction of sp³-hybridized carbons (Fsp3) is 0.632. The smallest absolute Gasteiger partial charge is 0.267 e. The van der Waals surface area contributed by atoms with Crippen LogP contribution in [0.1, 0.15) is 38.5 Å². The van der Waals surface area contributed by atoms with E-state index in [0.29, 0.717) is 36.5 Å². The zero-order valence-corrected chi connectivity index (χ0v) is 15.0. The summed E-state index contributed by atoms with van der Waals surface area (Å²) in [4.78, 5) is 15.6. The lowest BCUT2D eigenvalue weighted by molar-refractivity contribution is -0.157. The quantitative estimate of drug-likeness (QED) is 0.864. The van der Waals surface area contributed by atoms with Crippen molar-refractivity contribution in [1.82, 2.24) is 10.2 Å². The first kappa shape index (κ1) is 17.1. The molecule has 25 heavy (non-hydrogen) atoms. The first-order chi connectivity index (χ1) is 12.1. The fourth-order valence-corrected chi connectivity index (χ4v) is 4.76. The highest BCUT2D eigenvalue weighted by molar-refractivity contribution is 6.30. The molecule has 3 aliphatic rings. The molecule has 6 heteroatoms. The van der Waals surface area contributed by atoms with Crippen LogP contribution in [0.2, 0.25) is 5.02 Å². The van der Waals surface area contributed by atoms with Crippen molar-refractivity contribution in [2.45, 2.75) is 62.3 Å². The number of hydrogen-bond acceptors (Lipinski definition) is 4. The highest BCUT2D eigenvalue weighted by Gasteiger charge is 2.51. The summed E-state index contributed by atoms with van der Waals surface area (Å²) in [6, 6.07) is 7.54. The molecule has 2 N–H and O–H groups in total. The molecular formula is C19H25ClN2O3. The highest BCUT2D eigenvalue weighted by Crippen LogP contribution is 2.40. The Morgan fingerprint density at radius 3 is 2.36 bits per heavy atom. The normalized spacial score (nSPS) is 31.0. The van der Waals surface area contributed by atoms with Crippen LogP contribution in [-0.2, 0) is 4.79 Å². The van der Waals surface area contributed by atoms with Crippen LogP contribution < -0.4 is 10.1 Å². The maximum Gasteiger partial charge on any atom is 0.267 e. The molecule has 1 amide bonds. The van der Waals surface area contributed by atoms with Gasteiger partial charge in [-0.1, -0.05) is 11.6 Å². The van der Waals surface area contributed by atoms with Gasteiger partial charge in [-0.2, -0.15) is 0 Å². The number of benzene rings is 1. The van der Waals surface area contributed by atoms with E-state index in [1.54, 1.807) is 12.1 Å². The molecule has 2 bridgehead atoms. The third-order valence-corrected chi connectivity index (χ3v) is 6.12. The first-order valence-corrected chi connectivity index (χ1v) is 9.61. The molecule has 0 aromatic heterocycles. The number of piperidine rings is 2. The summed E-state index contributed by atoms with van der Waals surface area (Å²) in [6.07, 6.45) is 4.41. The molecule has 4 rings (SSSR count). The number of carbonyl (C=O) groups is 1. The minimum Gasteiger partial charge on any atom is -0.477 e. The van der Waals surface area contributed by atoms with Gasteiger partial charge in [0, 0.05) is 29.9 Å². The van der Waals surface area contributed by atoms with Gasteiger partial charge in [0.05, 0.1) is 6.10 Å². The molecule has 3 fully saturated rings. The van der Waals surface area contributed by atoms with Crippen molar-refractivity contribution in [2.75, 3.05) is 13.1 Å². The maximum absolute atomic E-state index is 13.6. The summed E-state index contributed by atoms with van der Waals surface area (Å²) in [5.74, 6) is 0.785. The molecule has 3 atom stereocenters. The van der Waals surface area contributed by atoms with Gasteiger partial charge >= 0.3 is 0 Å². The summed E-state index contributed by atoms with van der Waals surface area (Å²) >= 11 is 5.97. The van der Waals surface area contributed by atoms with Crippen molar-refractivity contribution in [3.05, 3.63) is 29.3 Å². The fourth-order valence-electron chi connectivity index (χ4n) is 4.63. The van der Waals surface area contributed by atoms with Crippen LogP contribution in [0.15, 0.2) is 24.3 Å². The van der Waals surface area contributed by atoms with E-state index in [1.807, 2.05) is 17.0 Å². The van der Waals surface area contributed by atoms with E-state index < -0.39 is 5.60 Å². The number of amides is 1. The van der Waals surface area contributed by atoms with Gasteiger partial charge in [0.2, 0.25) is 0 Å². The molecular weight excluding hydrogens is 340 g/mol. The van der Waals surface area contributed by atoms with Crippen LogP contribution in [0.3, 0.4) is 0 Å². The number of nitrogens with one attached hydrogen (secondary N) is 1. The first-order valence-electron chi connectivity index (χ1n) is 9.23. The molecule has 0 radical (unpaired) electrons. The second kappa shape index (κ2) is 6.78. The molecule has 0 saturated carbocycles. The van der Waals surface area contributed by atoms with E-state index in [0.717, 1.165) is 25.9 Å². The highest BCUT2D eigenvalue weighted by atomic mass is 35.5. The van der Waals surface area contributed by atoms with Gasteiger partial charge in [0.1, 0.15) is 5.75 Å². The lowest BCUT2D eigenvalue weighted by atomic mass is 9.88. The Morgan fingerprint density at radius 2 is 1.76 bits per heavy atom. The van der Waals surface area contributed by atoms with E-state index in [-0.39, 0.29) is 24.1 Å². The predicted octanol–water partition coefficient (Wildman–Crippen LogP) is 2.36. The minimum atomic E-state index is -0.817. The summed E-state index contributed by atoms with van der Waals surface area (Å²) in [5, 5.41) is 14.0. The third kappa shape index (κ3) is 3.25. The van der Waals surface area contributed by atoms with Crippen molar-refractivity contribution < 1.29 is 14.6 Å². The molecule has 3 saturated heterocycles. The van der Waals surface area contributed by atoms with Gasteiger partial charge in [-0.15, -0.1) is 0 Å². The van der Waals surface area contributed by atoms with Crippen molar-refractivity contribution in [3.63, 3.8) is 0 Å². The average Bonchev–Trinajstić information content (AvgIpc) is 2.88.